The molecule has 0 fully saturated rings. The molecule has 0 aliphatic carbocycles. The molecule has 0 radical (unpaired) electrons. The second-order valence-electron chi connectivity index (χ2n) is 5.97. The lowest BCUT2D eigenvalue weighted by Crippen LogP contribution is -2.03. The van der Waals surface area contributed by atoms with Crippen molar-refractivity contribution in [3.63, 3.8) is 0 Å². The van der Waals surface area contributed by atoms with Crippen LogP contribution in [0.3, 0.4) is 0 Å². The van der Waals surface area contributed by atoms with Gasteiger partial charge in [0.25, 0.3) is 0 Å². The number of oxazole rings is 1. The Hall–Kier alpha value is -3.38. The molecule has 4 aromatic rings. The standard InChI is InChI=1S/C21H17ClN4O2.C2H6/c1-27-15-8-6-14(7-9-15)12-25-21-16(4-2-11-24-21)18-19(28-13-26-18)17-5-3-10-23-20(17)22;1-2/h2-11,13H,12H2,1H3,(H,24,25);1-2H3. The number of rotatable bonds is 6. The Bertz CT molecular complexity index is 1080. The minimum atomic E-state index is 0.358. The van der Waals surface area contributed by atoms with Crippen LogP contribution in [0, 0.1) is 0 Å². The number of nitrogens with zero attached hydrogens (tertiary/aromatic N) is 3. The number of methoxy groups -OCH3 is 1. The van der Waals surface area contributed by atoms with E-state index >= 15 is 0 Å². The molecule has 154 valence electrons. The van der Waals surface area contributed by atoms with Crippen LogP contribution in [0.15, 0.2) is 71.7 Å². The first-order valence-corrected chi connectivity index (χ1v) is 10.0. The summed E-state index contributed by atoms with van der Waals surface area (Å²) >= 11 is 6.24. The van der Waals surface area contributed by atoms with Crippen LogP contribution in [0.4, 0.5) is 5.82 Å². The topological polar surface area (TPSA) is 73.1 Å². The third-order valence-corrected chi connectivity index (χ3v) is 4.55. The highest BCUT2D eigenvalue weighted by molar-refractivity contribution is 6.32. The molecule has 7 heteroatoms. The summed E-state index contributed by atoms with van der Waals surface area (Å²) in [5, 5.41) is 3.72. The maximum Gasteiger partial charge on any atom is 0.182 e. The van der Waals surface area contributed by atoms with Gasteiger partial charge in [-0.15, -0.1) is 0 Å². The second kappa shape index (κ2) is 10.4. The maximum atomic E-state index is 6.24. The largest absolute Gasteiger partial charge is 0.497 e. The Morgan fingerprint density at radius 2 is 1.63 bits per heavy atom. The zero-order valence-electron chi connectivity index (χ0n) is 17.1. The Morgan fingerprint density at radius 1 is 0.933 bits per heavy atom. The first kappa shape index (κ1) is 21.3. The summed E-state index contributed by atoms with van der Waals surface area (Å²) in [5.74, 6) is 2.08. The third-order valence-electron chi connectivity index (χ3n) is 4.25. The van der Waals surface area contributed by atoms with Gasteiger partial charge >= 0.3 is 0 Å². The number of ether oxygens (including phenoxy) is 1. The van der Waals surface area contributed by atoms with E-state index in [0.29, 0.717) is 34.5 Å². The normalized spacial score (nSPS) is 10.1. The molecule has 0 bridgehead atoms. The lowest BCUT2D eigenvalue weighted by molar-refractivity contribution is 0.414. The number of nitrogens with one attached hydrogen (secondary N) is 1. The number of halogens is 1. The van der Waals surface area contributed by atoms with Gasteiger partial charge in [0.15, 0.2) is 12.2 Å². The summed E-state index contributed by atoms with van der Waals surface area (Å²) in [7, 11) is 1.65. The highest BCUT2D eigenvalue weighted by Gasteiger charge is 2.19. The van der Waals surface area contributed by atoms with E-state index in [1.54, 1.807) is 25.6 Å². The fourth-order valence-electron chi connectivity index (χ4n) is 2.85. The lowest BCUT2D eigenvalue weighted by Gasteiger charge is -2.11. The van der Waals surface area contributed by atoms with E-state index < -0.39 is 0 Å². The van der Waals surface area contributed by atoms with Crippen molar-refractivity contribution in [3.8, 4) is 28.3 Å². The van der Waals surface area contributed by atoms with E-state index in [1.165, 1.54) is 6.39 Å². The van der Waals surface area contributed by atoms with Crippen LogP contribution in [-0.4, -0.2) is 22.1 Å². The predicted octanol–water partition coefficient (Wildman–Crippen LogP) is 6.10. The summed E-state index contributed by atoms with van der Waals surface area (Å²) in [5.41, 5.74) is 3.26. The second-order valence-corrected chi connectivity index (χ2v) is 6.33. The van der Waals surface area contributed by atoms with Crippen LogP contribution in [0.2, 0.25) is 5.15 Å². The summed E-state index contributed by atoms with van der Waals surface area (Å²) in [6.07, 6.45) is 4.76. The van der Waals surface area contributed by atoms with Gasteiger partial charge in [-0.1, -0.05) is 37.6 Å². The quantitative estimate of drug-likeness (QED) is 0.378. The molecule has 6 nitrogen and oxygen atoms in total. The molecule has 0 amide bonds. The molecule has 3 heterocycles. The molecule has 0 aliphatic heterocycles. The van der Waals surface area contributed by atoms with Crippen LogP contribution >= 0.6 is 11.6 Å². The predicted molar refractivity (Wildman–Crippen MR) is 120 cm³/mol. The molecular formula is C23H23ClN4O2. The molecule has 1 aromatic carbocycles. The number of hydrogen-bond donors (Lipinski definition) is 1. The van der Waals surface area contributed by atoms with E-state index in [2.05, 4.69) is 20.3 Å². The van der Waals surface area contributed by atoms with Crippen LogP contribution in [-0.2, 0) is 6.54 Å². The van der Waals surface area contributed by atoms with Gasteiger partial charge < -0.3 is 14.5 Å². The fourth-order valence-corrected chi connectivity index (χ4v) is 3.06. The van der Waals surface area contributed by atoms with Crippen LogP contribution in [0.1, 0.15) is 19.4 Å². The molecule has 0 saturated carbocycles. The summed E-state index contributed by atoms with van der Waals surface area (Å²) in [6.45, 7) is 4.61. The number of pyridine rings is 2. The van der Waals surface area contributed by atoms with Gasteiger partial charge in [-0.05, 0) is 42.0 Å². The zero-order valence-corrected chi connectivity index (χ0v) is 17.8. The van der Waals surface area contributed by atoms with Gasteiger partial charge in [0, 0.05) is 24.5 Å². The first-order chi connectivity index (χ1) is 14.8. The average molecular weight is 423 g/mol. The van der Waals surface area contributed by atoms with Crippen molar-refractivity contribution in [3.05, 3.63) is 78.0 Å². The Labute approximate surface area is 180 Å². The van der Waals surface area contributed by atoms with Crippen molar-refractivity contribution in [1.29, 1.82) is 0 Å². The van der Waals surface area contributed by atoms with E-state index in [9.17, 15) is 0 Å². The van der Waals surface area contributed by atoms with E-state index in [1.807, 2.05) is 56.3 Å². The first-order valence-electron chi connectivity index (χ1n) is 9.63. The van der Waals surface area contributed by atoms with Crippen molar-refractivity contribution in [2.75, 3.05) is 12.4 Å². The van der Waals surface area contributed by atoms with Crippen LogP contribution in [0.5, 0.6) is 5.75 Å². The van der Waals surface area contributed by atoms with Gasteiger partial charge in [-0.2, -0.15) is 0 Å². The number of aromatic nitrogens is 3. The van der Waals surface area contributed by atoms with Crippen molar-refractivity contribution in [1.82, 2.24) is 15.0 Å². The van der Waals surface area contributed by atoms with Gasteiger partial charge in [-0.25, -0.2) is 15.0 Å². The highest BCUT2D eigenvalue weighted by Crippen LogP contribution is 2.36. The Morgan fingerprint density at radius 3 is 2.33 bits per heavy atom. The van der Waals surface area contributed by atoms with Gasteiger partial charge in [-0.3, -0.25) is 0 Å². The molecule has 0 atom stereocenters. The summed E-state index contributed by atoms with van der Waals surface area (Å²) in [6, 6.07) is 15.3. The summed E-state index contributed by atoms with van der Waals surface area (Å²) in [4.78, 5) is 13.0. The van der Waals surface area contributed by atoms with Crippen molar-refractivity contribution < 1.29 is 9.15 Å². The molecule has 0 spiro atoms. The minimum Gasteiger partial charge on any atom is -0.497 e. The average Bonchev–Trinajstić information content (AvgIpc) is 3.29. The molecule has 0 unspecified atom stereocenters. The molecular weight excluding hydrogens is 400 g/mol. The fraction of sp³-hybridized carbons (Fsp3) is 0.174. The van der Waals surface area contributed by atoms with Gasteiger partial charge in [0.2, 0.25) is 0 Å². The zero-order chi connectivity index (χ0) is 21.3. The van der Waals surface area contributed by atoms with Crippen LogP contribution < -0.4 is 10.1 Å². The summed E-state index contributed by atoms with van der Waals surface area (Å²) < 4.78 is 10.8. The Kier molecular flexibility index (Phi) is 7.40. The number of benzene rings is 1. The minimum absolute atomic E-state index is 0.358. The molecule has 3 aromatic heterocycles. The monoisotopic (exact) mass is 422 g/mol. The SMILES string of the molecule is CC.COc1ccc(CNc2ncccc2-c2ncoc2-c2cccnc2Cl)cc1. The van der Waals surface area contributed by atoms with E-state index in [-0.39, 0.29) is 0 Å². The Balaban J connectivity index is 0.00000124. The van der Waals surface area contributed by atoms with Crippen molar-refractivity contribution in [2.45, 2.75) is 20.4 Å². The van der Waals surface area contributed by atoms with Crippen LogP contribution in [0.25, 0.3) is 22.6 Å². The smallest absolute Gasteiger partial charge is 0.182 e. The molecule has 0 aliphatic rings. The number of hydrogen-bond acceptors (Lipinski definition) is 6. The van der Waals surface area contributed by atoms with Crippen molar-refractivity contribution >= 4 is 17.4 Å². The van der Waals surface area contributed by atoms with Gasteiger partial charge in [0.1, 0.15) is 22.4 Å². The maximum absolute atomic E-state index is 6.24. The lowest BCUT2D eigenvalue weighted by atomic mass is 10.1. The molecule has 30 heavy (non-hydrogen) atoms. The molecule has 1 N–H and O–H groups in total. The number of anilines is 1. The molecule has 4 rings (SSSR count). The van der Waals surface area contributed by atoms with Gasteiger partial charge in [0.05, 0.1) is 12.7 Å². The highest BCUT2D eigenvalue weighted by atomic mass is 35.5. The van der Waals surface area contributed by atoms with Crippen molar-refractivity contribution in [2.24, 2.45) is 0 Å². The van der Waals surface area contributed by atoms with E-state index in [4.69, 9.17) is 20.8 Å². The third kappa shape index (κ3) is 4.78. The molecule has 0 saturated heterocycles. The van der Waals surface area contributed by atoms with E-state index in [0.717, 1.165) is 16.9 Å².